The van der Waals surface area contributed by atoms with Gasteiger partial charge in [0.25, 0.3) is 0 Å². The van der Waals surface area contributed by atoms with E-state index in [0.717, 1.165) is 32.2 Å². The van der Waals surface area contributed by atoms with Crippen molar-refractivity contribution in [3.05, 3.63) is 18.0 Å². The zero-order valence-corrected chi connectivity index (χ0v) is 11.9. The van der Waals surface area contributed by atoms with Crippen LogP contribution in [0.15, 0.2) is 12.4 Å². The lowest BCUT2D eigenvalue weighted by Crippen LogP contribution is -2.38. The van der Waals surface area contributed by atoms with E-state index in [2.05, 4.69) is 32.1 Å². The predicted octanol–water partition coefficient (Wildman–Crippen LogP) is 3.02. The van der Waals surface area contributed by atoms with E-state index in [9.17, 15) is 5.11 Å². The van der Waals surface area contributed by atoms with Crippen LogP contribution in [0.4, 0.5) is 0 Å². The van der Waals surface area contributed by atoms with Crippen molar-refractivity contribution in [1.29, 1.82) is 0 Å². The molecule has 1 aliphatic rings. The fourth-order valence-corrected chi connectivity index (χ4v) is 3.17. The predicted molar refractivity (Wildman–Crippen MR) is 73.4 cm³/mol. The Morgan fingerprint density at radius 3 is 2.94 bits per heavy atom. The third-order valence-corrected chi connectivity index (χ3v) is 4.35. The minimum absolute atomic E-state index is 0.505. The molecule has 0 amide bonds. The van der Waals surface area contributed by atoms with E-state index in [-0.39, 0.29) is 0 Å². The van der Waals surface area contributed by atoms with Crippen molar-refractivity contribution in [2.24, 2.45) is 11.8 Å². The summed E-state index contributed by atoms with van der Waals surface area (Å²) >= 11 is 0. The van der Waals surface area contributed by atoms with E-state index >= 15 is 0 Å². The molecule has 0 aromatic carbocycles. The van der Waals surface area contributed by atoms with Gasteiger partial charge >= 0.3 is 0 Å². The van der Waals surface area contributed by atoms with Crippen LogP contribution in [0.1, 0.15) is 52.0 Å². The van der Waals surface area contributed by atoms with Crippen LogP contribution in [-0.2, 0) is 13.0 Å². The lowest BCUT2D eigenvalue weighted by Gasteiger charge is -2.38. The maximum Gasteiger partial charge on any atom is 0.0691 e. The molecule has 1 saturated carbocycles. The molecule has 2 unspecified atom stereocenters. The Morgan fingerprint density at radius 1 is 1.56 bits per heavy atom. The maximum atomic E-state index is 10.8. The average molecular weight is 250 g/mol. The van der Waals surface area contributed by atoms with E-state index in [0.29, 0.717) is 11.8 Å². The molecule has 2 rings (SSSR count). The van der Waals surface area contributed by atoms with Crippen LogP contribution in [0.25, 0.3) is 0 Å². The van der Waals surface area contributed by atoms with Gasteiger partial charge in [-0.15, -0.1) is 0 Å². The molecule has 2 atom stereocenters. The van der Waals surface area contributed by atoms with Crippen LogP contribution in [0, 0.1) is 11.8 Å². The van der Waals surface area contributed by atoms with Gasteiger partial charge in [0, 0.05) is 19.2 Å². The fourth-order valence-electron chi connectivity index (χ4n) is 3.17. The largest absolute Gasteiger partial charge is 0.390 e. The van der Waals surface area contributed by atoms with Gasteiger partial charge in [-0.2, -0.15) is 5.10 Å². The Hall–Kier alpha value is -0.830. The summed E-state index contributed by atoms with van der Waals surface area (Å²) in [5, 5.41) is 15.1. The highest BCUT2D eigenvalue weighted by Crippen LogP contribution is 2.38. The van der Waals surface area contributed by atoms with Crippen LogP contribution in [0.5, 0.6) is 0 Å². The molecule has 1 heterocycles. The second-order valence-electron chi connectivity index (χ2n) is 6.21. The number of rotatable bonds is 4. The highest BCUT2D eigenvalue weighted by Gasteiger charge is 2.35. The van der Waals surface area contributed by atoms with E-state index in [1.54, 1.807) is 0 Å². The Morgan fingerprint density at radius 2 is 2.33 bits per heavy atom. The lowest BCUT2D eigenvalue weighted by atomic mass is 9.72. The molecule has 1 N–H and O–H groups in total. The van der Waals surface area contributed by atoms with E-state index in [1.165, 1.54) is 12.0 Å². The third kappa shape index (κ3) is 3.14. The topological polar surface area (TPSA) is 38.0 Å². The van der Waals surface area contributed by atoms with E-state index < -0.39 is 5.60 Å². The summed E-state index contributed by atoms with van der Waals surface area (Å²) < 4.78 is 1.93. The molecule has 0 aliphatic heterocycles. The molecule has 18 heavy (non-hydrogen) atoms. The highest BCUT2D eigenvalue weighted by molar-refractivity contribution is 5.09. The number of aryl methyl sites for hydroxylation is 1. The molecule has 0 saturated heterocycles. The number of nitrogens with zero attached hydrogens (tertiary/aromatic N) is 2. The van der Waals surface area contributed by atoms with Crippen molar-refractivity contribution in [2.75, 3.05) is 0 Å². The molecule has 1 fully saturated rings. The van der Waals surface area contributed by atoms with Gasteiger partial charge in [0.05, 0.1) is 11.8 Å². The van der Waals surface area contributed by atoms with Gasteiger partial charge in [0.1, 0.15) is 0 Å². The fraction of sp³-hybridized carbons (Fsp3) is 0.800. The Labute approximate surface area is 110 Å². The summed E-state index contributed by atoms with van der Waals surface area (Å²) in [5.74, 6) is 1.35. The van der Waals surface area contributed by atoms with Gasteiger partial charge in [-0.3, -0.25) is 4.68 Å². The van der Waals surface area contributed by atoms with E-state index in [1.807, 2.05) is 10.9 Å². The average Bonchev–Trinajstić information content (AvgIpc) is 2.76. The summed E-state index contributed by atoms with van der Waals surface area (Å²) in [6.45, 7) is 7.52. The smallest absolute Gasteiger partial charge is 0.0691 e. The van der Waals surface area contributed by atoms with Crippen molar-refractivity contribution in [1.82, 2.24) is 9.78 Å². The number of hydrogen-bond donors (Lipinski definition) is 1. The zero-order chi connectivity index (χ0) is 13.2. The van der Waals surface area contributed by atoms with Gasteiger partial charge in [0.15, 0.2) is 0 Å². The third-order valence-electron chi connectivity index (χ3n) is 4.35. The minimum Gasteiger partial charge on any atom is -0.390 e. The molecular weight excluding hydrogens is 224 g/mol. The minimum atomic E-state index is -0.505. The SMILES string of the molecule is CCn1cc(CC2(O)CCCC(C(C)C)C2)cn1. The quantitative estimate of drug-likeness (QED) is 0.892. The first-order chi connectivity index (χ1) is 8.52. The van der Waals surface area contributed by atoms with Crippen molar-refractivity contribution in [2.45, 2.75) is 65.0 Å². The van der Waals surface area contributed by atoms with Crippen LogP contribution in [-0.4, -0.2) is 20.5 Å². The number of aromatic nitrogens is 2. The van der Waals surface area contributed by atoms with E-state index in [4.69, 9.17) is 0 Å². The molecule has 102 valence electrons. The summed E-state index contributed by atoms with van der Waals surface area (Å²) in [4.78, 5) is 0. The monoisotopic (exact) mass is 250 g/mol. The van der Waals surface area contributed by atoms with Crippen molar-refractivity contribution in [3.8, 4) is 0 Å². The molecule has 0 radical (unpaired) electrons. The van der Waals surface area contributed by atoms with Gasteiger partial charge in [-0.1, -0.05) is 20.3 Å². The Balaban J connectivity index is 2.02. The number of aliphatic hydroxyl groups is 1. The summed E-state index contributed by atoms with van der Waals surface area (Å²) in [6.07, 6.45) is 9.04. The Kier molecular flexibility index (Phi) is 4.10. The van der Waals surface area contributed by atoms with Gasteiger partial charge in [-0.25, -0.2) is 0 Å². The molecule has 0 bridgehead atoms. The van der Waals surface area contributed by atoms with Crippen LogP contribution < -0.4 is 0 Å². The number of hydrogen-bond acceptors (Lipinski definition) is 2. The lowest BCUT2D eigenvalue weighted by molar-refractivity contribution is -0.0239. The van der Waals surface area contributed by atoms with Gasteiger partial charge in [-0.05, 0) is 43.6 Å². The van der Waals surface area contributed by atoms with Crippen LogP contribution >= 0.6 is 0 Å². The normalized spacial score (nSPS) is 28.8. The standard InChI is InChI=1S/C15H26N2O/c1-4-17-11-13(10-16-17)8-15(18)7-5-6-14(9-15)12(2)3/h10-12,14,18H,4-9H2,1-3H3. The van der Waals surface area contributed by atoms with Crippen LogP contribution in [0.3, 0.4) is 0 Å². The summed E-state index contributed by atoms with van der Waals surface area (Å²) in [5.41, 5.74) is 0.665. The molecule has 1 aromatic rings. The first-order valence-electron chi connectivity index (χ1n) is 7.26. The maximum absolute atomic E-state index is 10.8. The van der Waals surface area contributed by atoms with Crippen molar-refractivity contribution < 1.29 is 5.11 Å². The van der Waals surface area contributed by atoms with Crippen molar-refractivity contribution >= 4 is 0 Å². The Bertz CT molecular complexity index is 386. The highest BCUT2D eigenvalue weighted by atomic mass is 16.3. The first kappa shape index (κ1) is 13.6. The van der Waals surface area contributed by atoms with Crippen LogP contribution in [0.2, 0.25) is 0 Å². The molecule has 3 heteroatoms. The molecule has 0 spiro atoms. The molecule has 1 aliphatic carbocycles. The molecule has 1 aromatic heterocycles. The summed E-state index contributed by atoms with van der Waals surface area (Å²) in [7, 11) is 0. The van der Waals surface area contributed by atoms with Crippen molar-refractivity contribution in [3.63, 3.8) is 0 Å². The van der Waals surface area contributed by atoms with Gasteiger partial charge in [0.2, 0.25) is 0 Å². The molecular formula is C15H26N2O. The van der Waals surface area contributed by atoms with Gasteiger partial charge < -0.3 is 5.11 Å². The zero-order valence-electron chi connectivity index (χ0n) is 11.9. The molecule has 3 nitrogen and oxygen atoms in total. The second-order valence-corrected chi connectivity index (χ2v) is 6.21. The second kappa shape index (κ2) is 5.43. The first-order valence-corrected chi connectivity index (χ1v) is 7.26. The summed E-state index contributed by atoms with van der Waals surface area (Å²) in [6, 6.07) is 0.